The largest absolute Gasteiger partial charge is 0.390 e. The number of hydrogen-bond donors (Lipinski definition) is 2. The third-order valence-corrected chi connectivity index (χ3v) is 2.70. The lowest BCUT2D eigenvalue weighted by molar-refractivity contribution is -0.0129. The van der Waals surface area contributed by atoms with Gasteiger partial charge in [0.25, 0.3) is 0 Å². The average Bonchev–Trinajstić information content (AvgIpc) is 2.19. The van der Waals surface area contributed by atoms with Gasteiger partial charge in [-0.25, -0.2) is 0 Å². The summed E-state index contributed by atoms with van der Waals surface area (Å²) in [4.78, 5) is 0. The first kappa shape index (κ1) is 8.75. The zero-order valence-electron chi connectivity index (χ0n) is 6.95. The maximum atomic E-state index is 9.55. The summed E-state index contributed by atoms with van der Waals surface area (Å²) in [6, 6.07) is 0. The van der Waals surface area contributed by atoms with Crippen molar-refractivity contribution < 1.29 is 10.2 Å². The molecule has 0 aromatic carbocycles. The predicted molar refractivity (Wildman–Crippen MR) is 44.2 cm³/mol. The first-order valence-electron chi connectivity index (χ1n) is 4.07. The topological polar surface area (TPSA) is 40.5 Å². The summed E-state index contributed by atoms with van der Waals surface area (Å²) in [5.74, 6) is 0. The van der Waals surface area contributed by atoms with Crippen LogP contribution in [0, 0.1) is 5.41 Å². The molecule has 11 heavy (non-hydrogen) atoms. The maximum Gasteiger partial charge on any atom is 0.0855 e. The van der Waals surface area contributed by atoms with E-state index in [1.165, 1.54) is 0 Å². The smallest absolute Gasteiger partial charge is 0.0855 e. The standard InChI is InChI=1S/C9H16O2/c1-3-5-9(2)6-4-7(10)8(9)11/h3,7-8,10-11H,1,4-6H2,2H3. The molecule has 2 N–H and O–H groups in total. The Morgan fingerprint density at radius 1 is 1.64 bits per heavy atom. The second kappa shape index (κ2) is 2.95. The quantitative estimate of drug-likeness (QED) is 0.587. The minimum absolute atomic E-state index is 0.138. The molecule has 3 unspecified atom stereocenters. The van der Waals surface area contributed by atoms with Gasteiger partial charge >= 0.3 is 0 Å². The van der Waals surface area contributed by atoms with E-state index in [2.05, 4.69) is 6.58 Å². The van der Waals surface area contributed by atoms with Crippen molar-refractivity contribution in [2.24, 2.45) is 5.41 Å². The summed E-state index contributed by atoms with van der Waals surface area (Å²) in [5.41, 5.74) is -0.138. The number of aliphatic hydroxyl groups excluding tert-OH is 2. The zero-order chi connectivity index (χ0) is 8.48. The summed E-state index contributed by atoms with van der Waals surface area (Å²) in [7, 11) is 0. The van der Waals surface area contributed by atoms with Crippen LogP contribution in [-0.4, -0.2) is 22.4 Å². The summed E-state index contributed by atoms with van der Waals surface area (Å²) < 4.78 is 0. The SMILES string of the molecule is C=CCC1(C)CCC(O)C1O. The van der Waals surface area contributed by atoms with Gasteiger partial charge in [-0.1, -0.05) is 13.0 Å². The second-order valence-corrected chi connectivity index (χ2v) is 3.70. The Hall–Kier alpha value is -0.340. The van der Waals surface area contributed by atoms with Crippen LogP contribution in [0.15, 0.2) is 12.7 Å². The van der Waals surface area contributed by atoms with Crippen LogP contribution in [0.4, 0.5) is 0 Å². The van der Waals surface area contributed by atoms with Gasteiger partial charge in [0.1, 0.15) is 0 Å². The molecule has 1 fully saturated rings. The second-order valence-electron chi connectivity index (χ2n) is 3.70. The number of hydrogen-bond acceptors (Lipinski definition) is 2. The molecule has 64 valence electrons. The highest BCUT2D eigenvalue weighted by Gasteiger charge is 2.42. The molecule has 0 aromatic heterocycles. The molecule has 1 rings (SSSR count). The molecule has 0 radical (unpaired) electrons. The van der Waals surface area contributed by atoms with Crippen LogP contribution in [0.2, 0.25) is 0 Å². The summed E-state index contributed by atoms with van der Waals surface area (Å²) in [6.45, 7) is 5.63. The number of allylic oxidation sites excluding steroid dienone is 1. The van der Waals surface area contributed by atoms with E-state index in [4.69, 9.17) is 0 Å². The molecule has 1 aliphatic carbocycles. The van der Waals surface area contributed by atoms with Crippen molar-refractivity contribution in [1.29, 1.82) is 0 Å². The van der Waals surface area contributed by atoms with Crippen LogP contribution in [0.25, 0.3) is 0 Å². The Kier molecular flexibility index (Phi) is 2.35. The first-order chi connectivity index (χ1) is 5.10. The van der Waals surface area contributed by atoms with Gasteiger partial charge in [0.15, 0.2) is 0 Å². The van der Waals surface area contributed by atoms with Gasteiger partial charge in [-0.15, -0.1) is 6.58 Å². The molecule has 0 heterocycles. The van der Waals surface area contributed by atoms with Crippen molar-refractivity contribution in [1.82, 2.24) is 0 Å². The van der Waals surface area contributed by atoms with Crippen LogP contribution >= 0.6 is 0 Å². The first-order valence-corrected chi connectivity index (χ1v) is 4.07. The fraction of sp³-hybridized carbons (Fsp3) is 0.778. The minimum Gasteiger partial charge on any atom is -0.390 e. The lowest BCUT2D eigenvalue weighted by Crippen LogP contribution is -2.32. The summed E-state index contributed by atoms with van der Waals surface area (Å²) in [6.07, 6.45) is 3.10. The number of aliphatic hydroxyl groups is 2. The maximum absolute atomic E-state index is 9.55. The van der Waals surface area contributed by atoms with Crippen molar-refractivity contribution >= 4 is 0 Å². The lowest BCUT2D eigenvalue weighted by atomic mass is 9.83. The van der Waals surface area contributed by atoms with E-state index in [0.29, 0.717) is 6.42 Å². The van der Waals surface area contributed by atoms with Gasteiger partial charge in [-0.2, -0.15) is 0 Å². The Balaban J connectivity index is 2.64. The molecule has 1 aliphatic rings. The molecule has 2 nitrogen and oxygen atoms in total. The number of rotatable bonds is 2. The van der Waals surface area contributed by atoms with E-state index in [1.807, 2.05) is 6.92 Å². The predicted octanol–water partition coefficient (Wildman–Crippen LogP) is 1.08. The molecule has 0 aliphatic heterocycles. The van der Waals surface area contributed by atoms with Gasteiger partial charge in [0.2, 0.25) is 0 Å². The van der Waals surface area contributed by atoms with E-state index < -0.39 is 12.2 Å². The fourth-order valence-corrected chi connectivity index (χ4v) is 1.80. The molecule has 0 bridgehead atoms. The molecule has 2 heteroatoms. The van der Waals surface area contributed by atoms with Gasteiger partial charge in [-0.3, -0.25) is 0 Å². The van der Waals surface area contributed by atoms with Crippen molar-refractivity contribution in [3.8, 4) is 0 Å². The van der Waals surface area contributed by atoms with Crippen LogP contribution in [-0.2, 0) is 0 Å². The zero-order valence-corrected chi connectivity index (χ0v) is 6.95. The molecule has 3 atom stereocenters. The van der Waals surface area contributed by atoms with Crippen LogP contribution in [0.5, 0.6) is 0 Å². The van der Waals surface area contributed by atoms with Crippen LogP contribution in [0.3, 0.4) is 0 Å². The Bertz CT molecular complexity index is 156. The van der Waals surface area contributed by atoms with E-state index >= 15 is 0 Å². The molecule has 1 saturated carbocycles. The van der Waals surface area contributed by atoms with Gasteiger partial charge in [0.05, 0.1) is 12.2 Å². The molecule has 0 spiro atoms. The van der Waals surface area contributed by atoms with Gasteiger partial charge in [0, 0.05) is 0 Å². The summed E-state index contributed by atoms with van der Waals surface area (Å²) in [5, 5.41) is 18.8. The molecular weight excluding hydrogens is 140 g/mol. The fourth-order valence-electron chi connectivity index (χ4n) is 1.80. The van der Waals surface area contributed by atoms with E-state index in [9.17, 15) is 10.2 Å². The van der Waals surface area contributed by atoms with Crippen LogP contribution < -0.4 is 0 Å². The van der Waals surface area contributed by atoms with Gasteiger partial charge in [-0.05, 0) is 24.7 Å². The highest BCUT2D eigenvalue weighted by molar-refractivity contribution is 4.97. The lowest BCUT2D eigenvalue weighted by Gasteiger charge is -2.27. The Labute approximate surface area is 67.6 Å². The monoisotopic (exact) mass is 156 g/mol. The Morgan fingerprint density at radius 2 is 2.27 bits per heavy atom. The van der Waals surface area contributed by atoms with Crippen molar-refractivity contribution in [3.05, 3.63) is 12.7 Å². The normalized spacial score (nSPS) is 44.3. The molecule has 0 saturated heterocycles. The minimum atomic E-state index is -0.569. The van der Waals surface area contributed by atoms with Crippen molar-refractivity contribution in [3.63, 3.8) is 0 Å². The molecular formula is C9H16O2. The van der Waals surface area contributed by atoms with Crippen LogP contribution in [0.1, 0.15) is 26.2 Å². The third kappa shape index (κ3) is 1.47. The van der Waals surface area contributed by atoms with Crippen molar-refractivity contribution in [2.75, 3.05) is 0 Å². The average molecular weight is 156 g/mol. The Morgan fingerprint density at radius 3 is 2.64 bits per heavy atom. The van der Waals surface area contributed by atoms with E-state index in [1.54, 1.807) is 6.08 Å². The highest BCUT2D eigenvalue weighted by atomic mass is 16.3. The highest BCUT2D eigenvalue weighted by Crippen LogP contribution is 2.40. The summed E-state index contributed by atoms with van der Waals surface area (Å²) >= 11 is 0. The van der Waals surface area contributed by atoms with E-state index in [-0.39, 0.29) is 5.41 Å². The third-order valence-electron chi connectivity index (χ3n) is 2.70. The van der Waals surface area contributed by atoms with E-state index in [0.717, 1.165) is 12.8 Å². The molecule has 0 amide bonds. The molecule has 0 aromatic rings. The van der Waals surface area contributed by atoms with Gasteiger partial charge < -0.3 is 10.2 Å². The van der Waals surface area contributed by atoms with Crippen molar-refractivity contribution in [2.45, 2.75) is 38.4 Å².